The SMILES string of the molecule is COc1ccc(NC(=O)C(F)F)cn1. The molecule has 0 aliphatic carbocycles. The molecule has 0 saturated heterocycles. The lowest BCUT2D eigenvalue weighted by Gasteiger charge is -2.04. The fourth-order valence-corrected chi connectivity index (χ4v) is 0.772. The maximum Gasteiger partial charge on any atom is 0.315 e. The Kier molecular flexibility index (Phi) is 3.33. The van der Waals surface area contributed by atoms with E-state index in [1.807, 2.05) is 5.32 Å². The molecule has 4 nitrogen and oxygen atoms in total. The van der Waals surface area contributed by atoms with Crippen LogP contribution in [-0.2, 0) is 4.79 Å². The maximum atomic E-state index is 11.8. The van der Waals surface area contributed by atoms with Crippen molar-refractivity contribution in [2.24, 2.45) is 0 Å². The first-order valence-corrected chi connectivity index (χ1v) is 3.72. The second-order valence-corrected chi connectivity index (χ2v) is 2.38. The van der Waals surface area contributed by atoms with E-state index in [2.05, 4.69) is 4.98 Å². The Balaban J connectivity index is 2.64. The van der Waals surface area contributed by atoms with Crippen LogP contribution in [0.3, 0.4) is 0 Å². The first-order valence-electron chi connectivity index (χ1n) is 3.72. The standard InChI is InChI=1S/C8H8F2N2O2/c1-14-6-3-2-5(4-11-6)12-8(13)7(9)10/h2-4,7H,1H3,(H,12,13). The number of hydrogen-bond acceptors (Lipinski definition) is 3. The van der Waals surface area contributed by atoms with Gasteiger partial charge in [-0.25, -0.2) is 4.98 Å². The van der Waals surface area contributed by atoms with Crippen molar-refractivity contribution in [3.63, 3.8) is 0 Å². The Hall–Kier alpha value is -1.72. The number of carbonyl (C=O) groups excluding carboxylic acids is 1. The molecule has 0 radical (unpaired) electrons. The van der Waals surface area contributed by atoms with Crippen LogP contribution < -0.4 is 10.1 Å². The first kappa shape index (κ1) is 10.4. The second-order valence-electron chi connectivity index (χ2n) is 2.38. The molecule has 0 atom stereocenters. The summed E-state index contributed by atoms with van der Waals surface area (Å²) in [6.45, 7) is 0. The lowest BCUT2D eigenvalue weighted by atomic mass is 10.4. The molecule has 76 valence electrons. The third-order valence-corrected chi connectivity index (χ3v) is 1.41. The molecule has 0 aliphatic rings. The number of ether oxygens (including phenoxy) is 1. The largest absolute Gasteiger partial charge is 0.481 e. The predicted molar refractivity (Wildman–Crippen MR) is 45.4 cm³/mol. The van der Waals surface area contributed by atoms with E-state index in [1.54, 1.807) is 0 Å². The molecular weight excluding hydrogens is 194 g/mol. The van der Waals surface area contributed by atoms with Crippen LogP contribution in [0.25, 0.3) is 0 Å². The summed E-state index contributed by atoms with van der Waals surface area (Å²) in [5, 5.41) is 1.99. The fourth-order valence-electron chi connectivity index (χ4n) is 0.772. The summed E-state index contributed by atoms with van der Waals surface area (Å²) in [6.07, 6.45) is -1.80. The molecule has 0 aliphatic heterocycles. The van der Waals surface area contributed by atoms with Gasteiger partial charge in [0.05, 0.1) is 19.0 Å². The molecule has 0 unspecified atom stereocenters. The summed E-state index contributed by atoms with van der Waals surface area (Å²) in [7, 11) is 1.43. The Labute approximate surface area is 78.9 Å². The zero-order valence-electron chi connectivity index (χ0n) is 7.33. The second kappa shape index (κ2) is 4.50. The van der Waals surface area contributed by atoms with Crippen LogP contribution in [0, 0.1) is 0 Å². The van der Waals surface area contributed by atoms with Gasteiger partial charge >= 0.3 is 6.43 Å². The monoisotopic (exact) mass is 202 g/mol. The highest BCUT2D eigenvalue weighted by molar-refractivity contribution is 5.92. The van der Waals surface area contributed by atoms with E-state index in [0.717, 1.165) is 0 Å². The molecule has 0 saturated carbocycles. The Morgan fingerprint density at radius 3 is 2.71 bits per heavy atom. The number of alkyl halides is 2. The van der Waals surface area contributed by atoms with Crippen LogP contribution >= 0.6 is 0 Å². The topological polar surface area (TPSA) is 51.2 Å². The Bertz CT molecular complexity index is 314. The van der Waals surface area contributed by atoms with Crippen LogP contribution in [0.4, 0.5) is 14.5 Å². The van der Waals surface area contributed by atoms with Crippen molar-refractivity contribution in [2.45, 2.75) is 6.43 Å². The van der Waals surface area contributed by atoms with Gasteiger partial charge < -0.3 is 10.1 Å². The number of methoxy groups -OCH3 is 1. The van der Waals surface area contributed by atoms with Crippen LogP contribution in [0.1, 0.15) is 0 Å². The quantitative estimate of drug-likeness (QED) is 0.803. The van der Waals surface area contributed by atoms with Gasteiger partial charge in [-0.05, 0) is 6.07 Å². The van der Waals surface area contributed by atoms with Crippen LogP contribution in [0.15, 0.2) is 18.3 Å². The summed E-state index contributed by atoms with van der Waals surface area (Å²) in [5.41, 5.74) is 0.205. The van der Waals surface area contributed by atoms with E-state index < -0.39 is 12.3 Å². The predicted octanol–water partition coefficient (Wildman–Crippen LogP) is 1.29. The molecule has 0 bridgehead atoms. The summed E-state index contributed by atoms with van der Waals surface area (Å²) >= 11 is 0. The van der Waals surface area contributed by atoms with Crippen molar-refractivity contribution >= 4 is 11.6 Å². The third kappa shape index (κ3) is 2.65. The molecule has 1 aromatic rings. The number of amides is 1. The summed E-state index contributed by atoms with van der Waals surface area (Å²) in [5.74, 6) is -1.00. The minimum absolute atomic E-state index is 0.205. The first-order chi connectivity index (χ1) is 6.63. The number of pyridine rings is 1. The van der Waals surface area contributed by atoms with Crippen LogP contribution in [0.5, 0.6) is 5.88 Å². The molecule has 6 heteroatoms. The van der Waals surface area contributed by atoms with Crippen LogP contribution in [-0.4, -0.2) is 24.4 Å². The van der Waals surface area contributed by atoms with Crippen LogP contribution in [0.2, 0.25) is 0 Å². The number of nitrogens with zero attached hydrogens (tertiary/aromatic N) is 1. The zero-order valence-corrected chi connectivity index (χ0v) is 7.33. The number of hydrogen-bond donors (Lipinski definition) is 1. The van der Waals surface area contributed by atoms with Crippen molar-refractivity contribution < 1.29 is 18.3 Å². The molecule has 0 aromatic carbocycles. The fraction of sp³-hybridized carbons (Fsp3) is 0.250. The Morgan fingerprint density at radius 2 is 2.29 bits per heavy atom. The van der Waals surface area contributed by atoms with E-state index in [-0.39, 0.29) is 5.69 Å². The normalized spacial score (nSPS) is 10.0. The van der Waals surface area contributed by atoms with Gasteiger partial charge in [0.1, 0.15) is 0 Å². The third-order valence-electron chi connectivity index (χ3n) is 1.41. The van der Waals surface area contributed by atoms with Gasteiger partial charge in [-0.15, -0.1) is 0 Å². The van der Waals surface area contributed by atoms with Gasteiger partial charge in [-0.2, -0.15) is 8.78 Å². The van der Waals surface area contributed by atoms with E-state index in [9.17, 15) is 13.6 Å². The summed E-state index contributed by atoms with van der Waals surface area (Å²) in [4.78, 5) is 14.3. The minimum Gasteiger partial charge on any atom is -0.481 e. The average Bonchev–Trinajstić information content (AvgIpc) is 2.19. The lowest BCUT2D eigenvalue weighted by molar-refractivity contribution is -0.126. The van der Waals surface area contributed by atoms with Gasteiger partial charge in [-0.1, -0.05) is 0 Å². The zero-order chi connectivity index (χ0) is 10.6. The molecular formula is C8H8F2N2O2. The highest BCUT2D eigenvalue weighted by Gasteiger charge is 2.14. The number of nitrogens with one attached hydrogen (secondary N) is 1. The van der Waals surface area contributed by atoms with Crippen molar-refractivity contribution in [3.8, 4) is 5.88 Å². The van der Waals surface area contributed by atoms with Crippen molar-refractivity contribution in [3.05, 3.63) is 18.3 Å². The lowest BCUT2D eigenvalue weighted by Crippen LogP contribution is -2.20. The minimum atomic E-state index is -3.03. The average molecular weight is 202 g/mol. The summed E-state index contributed by atoms with van der Waals surface area (Å²) in [6, 6.07) is 2.88. The van der Waals surface area contributed by atoms with Gasteiger partial charge in [0, 0.05) is 6.07 Å². The molecule has 1 aromatic heterocycles. The van der Waals surface area contributed by atoms with Gasteiger partial charge in [-0.3, -0.25) is 4.79 Å². The highest BCUT2D eigenvalue weighted by atomic mass is 19.3. The number of carbonyl (C=O) groups is 1. The van der Waals surface area contributed by atoms with Crippen molar-refractivity contribution in [2.75, 3.05) is 12.4 Å². The maximum absolute atomic E-state index is 11.8. The highest BCUT2D eigenvalue weighted by Crippen LogP contribution is 2.11. The van der Waals surface area contributed by atoms with Crippen molar-refractivity contribution in [1.29, 1.82) is 0 Å². The molecule has 1 amide bonds. The molecule has 1 heterocycles. The van der Waals surface area contributed by atoms with Gasteiger partial charge in [0.2, 0.25) is 5.88 Å². The number of anilines is 1. The van der Waals surface area contributed by atoms with E-state index in [0.29, 0.717) is 5.88 Å². The molecule has 1 rings (SSSR count). The smallest absolute Gasteiger partial charge is 0.315 e. The summed E-state index contributed by atoms with van der Waals surface area (Å²) < 4.78 is 28.4. The number of aromatic nitrogens is 1. The number of halogens is 2. The number of rotatable bonds is 3. The van der Waals surface area contributed by atoms with E-state index >= 15 is 0 Å². The molecule has 1 N–H and O–H groups in total. The Morgan fingerprint density at radius 1 is 1.57 bits per heavy atom. The molecule has 14 heavy (non-hydrogen) atoms. The molecule has 0 fully saturated rings. The molecule has 0 spiro atoms. The van der Waals surface area contributed by atoms with E-state index in [1.165, 1.54) is 25.4 Å². The van der Waals surface area contributed by atoms with Crippen molar-refractivity contribution in [1.82, 2.24) is 4.98 Å². The van der Waals surface area contributed by atoms with Gasteiger partial charge in [0.15, 0.2) is 0 Å². The van der Waals surface area contributed by atoms with Gasteiger partial charge in [0.25, 0.3) is 5.91 Å². The van der Waals surface area contributed by atoms with E-state index in [4.69, 9.17) is 4.74 Å².